The van der Waals surface area contributed by atoms with E-state index in [-0.39, 0.29) is 77.7 Å². The lowest BCUT2D eigenvalue weighted by atomic mass is 10.1. The maximum atomic E-state index is 11.5. The first-order chi connectivity index (χ1) is 27.4. The zero-order valence-electron chi connectivity index (χ0n) is 30.8. The van der Waals surface area contributed by atoms with Crippen LogP contribution in [-0.2, 0) is 14.3 Å². The summed E-state index contributed by atoms with van der Waals surface area (Å²) < 4.78 is 19.0. The molecule has 3 heterocycles. The molecule has 0 saturated heterocycles. The van der Waals surface area contributed by atoms with Crippen molar-refractivity contribution in [3.8, 4) is 0 Å². The number of rotatable bonds is 4. The van der Waals surface area contributed by atoms with Gasteiger partial charge < -0.3 is 20.7 Å². The SMILES string of the molecule is C.C.CN.CN1C(=O)c2ccc(C(=O)Cl)cc2C1=O.CN1C(=O)c2ccc(C(=O)O)cc2C1=O.Cl.ClC(Cl)Cl.O=C(Cl)C(=O)Cl.O=C(O)c1ccc2c(c1)C(=O)OC2=O.[2H]CF. The smallest absolute Gasteiger partial charge is 0.346 e. The van der Waals surface area contributed by atoms with Crippen LogP contribution in [0.2, 0.25) is 0 Å². The molecule has 4 N–H and O–H groups in total. The quantitative estimate of drug-likeness (QED) is 0.0596. The van der Waals surface area contributed by atoms with E-state index in [4.69, 9.17) is 58.0 Å². The Morgan fingerprint density at radius 2 is 0.869 bits per heavy atom. The van der Waals surface area contributed by atoms with Gasteiger partial charge in [0.2, 0.25) is 0 Å². The number of carboxylic acids is 2. The number of carbonyl (C=O) groups is 11. The molecule has 3 aromatic rings. The van der Waals surface area contributed by atoms with Crippen LogP contribution >= 0.6 is 82.0 Å². The molecule has 0 radical (unpaired) electrons. The third-order valence-electron chi connectivity index (χ3n) is 6.70. The van der Waals surface area contributed by atoms with Crippen LogP contribution in [0.4, 0.5) is 4.39 Å². The predicted octanol–water partition coefficient (Wildman–Crippen LogP) is 6.96. The Kier molecular flexibility index (Phi) is 28.9. The van der Waals surface area contributed by atoms with E-state index in [1.165, 1.54) is 69.7 Å². The topological polar surface area (TPSA) is 270 Å². The molecule has 25 heteroatoms. The van der Waals surface area contributed by atoms with Crippen LogP contribution in [0, 0.1) is 0 Å². The summed E-state index contributed by atoms with van der Waals surface area (Å²) >= 11 is 28.7. The molecular formula is C36H35Cl7FN3O14. The van der Waals surface area contributed by atoms with E-state index in [1.807, 2.05) is 0 Å². The van der Waals surface area contributed by atoms with E-state index in [0.717, 1.165) is 15.9 Å². The summed E-state index contributed by atoms with van der Waals surface area (Å²) in [5.74, 6) is -5.43. The molecule has 0 aliphatic carbocycles. The van der Waals surface area contributed by atoms with Gasteiger partial charge >= 0.3 is 34.4 Å². The number of carbonyl (C=O) groups excluding carboxylic acids is 9. The summed E-state index contributed by atoms with van der Waals surface area (Å²) in [5.41, 5.74) is 5.75. The molecule has 334 valence electrons. The monoisotopic (exact) mass is 998 g/mol. The Labute approximate surface area is 384 Å². The van der Waals surface area contributed by atoms with E-state index in [9.17, 15) is 57.1 Å². The average molecular weight is 1000 g/mol. The fourth-order valence-corrected chi connectivity index (χ4v) is 4.31. The van der Waals surface area contributed by atoms with Crippen LogP contribution in [0.25, 0.3) is 0 Å². The number of halogens is 8. The van der Waals surface area contributed by atoms with Gasteiger partial charge in [0.25, 0.3) is 28.9 Å². The summed E-state index contributed by atoms with van der Waals surface area (Å²) in [6, 6.07) is 11.8. The average Bonchev–Trinajstić information content (AvgIpc) is 3.68. The fourth-order valence-electron chi connectivity index (χ4n) is 4.20. The minimum atomic E-state index is -1.15. The van der Waals surface area contributed by atoms with Crippen molar-refractivity contribution < 1.29 is 73.5 Å². The van der Waals surface area contributed by atoms with Gasteiger partial charge in [-0.1, -0.05) is 49.7 Å². The minimum Gasteiger partial charge on any atom is -0.478 e. The van der Waals surface area contributed by atoms with Gasteiger partial charge in [0.05, 0.1) is 53.0 Å². The number of cyclic esters (lactones) is 2. The minimum absolute atomic E-state index is 0. The lowest BCUT2D eigenvalue weighted by Gasteiger charge is -2.02. The van der Waals surface area contributed by atoms with Crippen molar-refractivity contribution in [2.45, 2.75) is 19.1 Å². The molecule has 0 atom stereocenters. The molecular weight excluding hydrogens is 966 g/mol. The Balaban J connectivity index is -0.000000344. The Hall–Kier alpha value is -5.05. The molecule has 0 unspecified atom stereocenters. The Bertz CT molecular complexity index is 2090. The number of carboxylic acid groups (broad SMARTS) is 2. The number of hydrogen-bond donors (Lipinski definition) is 3. The maximum Gasteiger partial charge on any atom is 0.346 e. The highest BCUT2D eigenvalue weighted by Gasteiger charge is 2.34. The van der Waals surface area contributed by atoms with Crippen LogP contribution in [0.15, 0.2) is 54.6 Å². The molecule has 3 aromatic carbocycles. The standard InChI is InChI=1S/C10H6ClNO3.C10H7NO4.C9H4O5.C2Cl2O2.CHCl3.CH3F.CH5N.2CH4.ClH/c1-12-9(14)6-3-2-5(8(11)13)4-7(6)10(12)15;1-11-8(12)6-3-2-5(10(14)15)4-7(6)9(11)13;10-7(11)4-1-2-5-6(3-4)9(13)14-8(5)12;3-1(5)2(4)6;2-1(3)4;2*1-2;;;/h2-4H,1H3;2-4H,1H3,(H,14,15);1-3H,(H,10,11);;1H;1H3;2H2,1H3;2*1H4;1H/i;;;;;1D;;;;. The van der Waals surface area contributed by atoms with E-state index in [0.29, 0.717) is 5.56 Å². The molecule has 0 bridgehead atoms. The van der Waals surface area contributed by atoms with Crippen LogP contribution in [0.1, 0.15) is 109 Å². The second-order valence-corrected chi connectivity index (χ2v) is 13.0. The van der Waals surface area contributed by atoms with E-state index in [1.54, 1.807) is 0 Å². The number of amides is 4. The van der Waals surface area contributed by atoms with Crippen LogP contribution in [0.5, 0.6) is 0 Å². The van der Waals surface area contributed by atoms with E-state index >= 15 is 0 Å². The van der Waals surface area contributed by atoms with Crippen LogP contribution in [0.3, 0.4) is 0 Å². The van der Waals surface area contributed by atoms with Gasteiger partial charge in [0.1, 0.15) is 0 Å². The van der Waals surface area contributed by atoms with E-state index in [2.05, 4.69) is 33.7 Å². The van der Waals surface area contributed by atoms with E-state index < -0.39 is 68.8 Å². The van der Waals surface area contributed by atoms with Crippen LogP contribution < -0.4 is 5.73 Å². The summed E-state index contributed by atoms with van der Waals surface area (Å²) in [4.78, 5) is 121. The van der Waals surface area contributed by atoms with Gasteiger partial charge in [-0.25, -0.2) is 19.2 Å². The number of alkyl halides is 4. The molecule has 3 aliphatic rings. The molecule has 0 spiro atoms. The zero-order valence-corrected chi connectivity index (χ0v) is 35.2. The normalized spacial score (nSPS) is 12.0. The molecule has 6 rings (SSSR count). The number of nitrogens with two attached hydrogens (primary N) is 1. The molecule has 0 aromatic heterocycles. The first-order valence-corrected chi connectivity index (χ1v) is 17.1. The summed E-state index contributed by atoms with van der Waals surface area (Å²) in [6.07, 6.45) is 0. The van der Waals surface area contributed by atoms with Crippen molar-refractivity contribution in [2.75, 3.05) is 28.3 Å². The summed E-state index contributed by atoms with van der Waals surface area (Å²) in [5, 5.41) is 14.4. The molecule has 17 nitrogen and oxygen atoms in total. The number of fused-ring (bicyclic) bond motifs is 3. The fraction of sp³-hybridized carbons (Fsp3) is 0.194. The zero-order chi connectivity index (χ0) is 46.1. The van der Waals surface area contributed by atoms with Crippen molar-refractivity contribution in [1.82, 2.24) is 9.80 Å². The number of imide groups is 2. The number of benzene rings is 3. The van der Waals surface area contributed by atoms with Crippen molar-refractivity contribution in [2.24, 2.45) is 5.73 Å². The summed E-state index contributed by atoms with van der Waals surface area (Å²) in [7, 11) is 3.26. The summed E-state index contributed by atoms with van der Waals surface area (Å²) in [6.45, 7) is 0. The molecule has 0 saturated carbocycles. The number of hydrogen-bond acceptors (Lipinski definition) is 13. The van der Waals surface area contributed by atoms with Gasteiger partial charge in [-0.15, -0.1) is 12.4 Å². The largest absolute Gasteiger partial charge is 0.478 e. The predicted molar refractivity (Wildman–Crippen MR) is 227 cm³/mol. The first kappa shape index (κ1) is 60.3. The number of esters is 2. The maximum absolute atomic E-state index is 11.5. The molecule has 61 heavy (non-hydrogen) atoms. The second-order valence-electron chi connectivity index (χ2n) is 9.98. The Morgan fingerprint density at radius 1 is 0.607 bits per heavy atom. The highest BCUT2D eigenvalue weighted by Crippen LogP contribution is 2.24. The van der Waals surface area contributed by atoms with Gasteiger partial charge in [0.15, 0.2) is 4.30 Å². The molecule has 4 amide bonds. The van der Waals surface area contributed by atoms with Crippen molar-refractivity contribution in [3.63, 3.8) is 0 Å². The lowest BCUT2D eigenvalue weighted by molar-refractivity contribution is -0.127. The highest BCUT2D eigenvalue weighted by molar-refractivity contribution is 6.97. The Morgan fingerprint density at radius 3 is 1.18 bits per heavy atom. The van der Waals surface area contributed by atoms with Gasteiger partial charge in [-0.2, -0.15) is 0 Å². The second kappa shape index (κ2) is 29.2. The van der Waals surface area contributed by atoms with Gasteiger partial charge in [0, 0.05) is 19.7 Å². The van der Waals surface area contributed by atoms with Gasteiger partial charge in [-0.05, 0) is 96.4 Å². The number of ether oxygens (including phenoxy) is 1. The first-order valence-electron chi connectivity index (χ1n) is 15.4. The van der Waals surface area contributed by atoms with Crippen LogP contribution in [-0.4, -0.2) is 116 Å². The van der Waals surface area contributed by atoms with Crippen molar-refractivity contribution in [1.29, 1.82) is 0 Å². The highest BCUT2D eigenvalue weighted by atomic mass is 35.6. The van der Waals surface area contributed by atoms with Gasteiger partial charge in [-0.3, -0.25) is 47.8 Å². The third-order valence-corrected chi connectivity index (χ3v) is 7.36. The lowest BCUT2D eigenvalue weighted by Crippen LogP contribution is -2.24. The van der Waals surface area contributed by atoms with Crippen molar-refractivity contribution >= 4 is 145 Å². The number of aromatic carboxylic acids is 2. The van der Waals surface area contributed by atoms with Crippen molar-refractivity contribution in [3.05, 3.63) is 105 Å². The third kappa shape index (κ3) is 17.5. The molecule has 0 fully saturated rings. The molecule has 3 aliphatic heterocycles. The number of nitrogens with zero attached hydrogens (tertiary/aromatic N) is 2.